The van der Waals surface area contributed by atoms with E-state index in [9.17, 15) is 0 Å². The molecule has 0 radical (unpaired) electrons. The Bertz CT molecular complexity index is 2060. The van der Waals surface area contributed by atoms with Gasteiger partial charge in [0.2, 0.25) is 0 Å². The maximum absolute atomic E-state index is 6.44. The molecular formula is C35H30BN3O2. The highest BCUT2D eigenvalue weighted by Gasteiger charge is 2.51. The van der Waals surface area contributed by atoms with Crippen molar-refractivity contribution in [1.82, 2.24) is 14.1 Å². The summed E-state index contributed by atoms with van der Waals surface area (Å²) in [6.45, 7) is 8.38. The summed E-state index contributed by atoms with van der Waals surface area (Å²) in [5.41, 5.74) is 6.81. The zero-order valence-corrected chi connectivity index (χ0v) is 23.6. The first-order valence-electron chi connectivity index (χ1n) is 14.2. The van der Waals surface area contributed by atoms with Gasteiger partial charge in [0.15, 0.2) is 0 Å². The molecule has 0 amide bonds. The molecule has 6 heteroatoms. The molecule has 7 aromatic rings. The van der Waals surface area contributed by atoms with Gasteiger partial charge in [-0.25, -0.2) is 4.98 Å². The Morgan fingerprint density at radius 1 is 0.561 bits per heavy atom. The molecule has 1 fully saturated rings. The van der Waals surface area contributed by atoms with Gasteiger partial charge in [0.25, 0.3) is 0 Å². The topological polar surface area (TPSA) is 41.2 Å². The van der Waals surface area contributed by atoms with Crippen molar-refractivity contribution in [3.05, 3.63) is 109 Å². The van der Waals surface area contributed by atoms with Gasteiger partial charge in [0.1, 0.15) is 5.65 Å². The van der Waals surface area contributed by atoms with E-state index in [2.05, 4.69) is 134 Å². The van der Waals surface area contributed by atoms with E-state index in [1.165, 1.54) is 10.8 Å². The van der Waals surface area contributed by atoms with Crippen LogP contribution in [0, 0.1) is 0 Å². The summed E-state index contributed by atoms with van der Waals surface area (Å²) in [5, 5.41) is 4.68. The average Bonchev–Trinajstić information content (AvgIpc) is 3.56. The predicted octanol–water partition coefficient (Wildman–Crippen LogP) is 7.58. The molecular weight excluding hydrogens is 505 g/mol. The van der Waals surface area contributed by atoms with E-state index >= 15 is 0 Å². The molecule has 3 aromatic heterocycles. The Morgan fingerprint density at radius 3 is 1.98 bits per heavy atom. The Balaban J connectivity index is 1.40. The number of para-hydroxylation sites is 2. The van der Waals surface area contributed by atoms with E-state index in [-0.39, 0.29) is 0 Å². The van der Waals surface area contributed by atoms with Crippen molar-refractivity contribution in [3.8, 4) is 11.4 Å². The molecule has 0 bridgehead atoms. The van der Waals surface area contributed by atoms with Crippen LogP contribution in [0.2, 0.25) is 0 Å². The Kier molecular flexibility index (Phi) is 5.10. The van der Waals surface area contributed by atoms with E-state index in [1.54, 1.807) is 0 Å². The minimum absolute atomic E-state index is 0.401. The lowest BCUT2D eigenvalue weighted by atomic mass is 9.78. The van der Waals surface area contributed by atoms with Gasteiger partial charge >= 0.3 is 7.12 Å². The largest absolute Gasteiger partial charge is 0.494 e. The molecule has 8 rings (SSSR count). The summed E-state index contributed by atoms with van der Waals surface area (Å²) in [6, 6.07) is 36.5. The molecule has 4 aromatic carbocycles. The SMILES string of the molecule is CC1(C)OB(c2ccc3c(c2)c2cc(-n4c5ccccc5c5cccnc54)ccc2n3-c2ccccc2)OC1(C)C. The van der Waals surface area contributed by atoms with Gasteiger partial charge in [-0.1, -0.05) is 48.5 Å². The molecule has 5 nitrogen and oxygen atoms in total. The minimum Gasteiger partial charge on any atom is -0.399 e. The second kappa shape index (κ2) is 8.56. The lowest BCUT2D eigenvalue weighted by Gasteiger charge is -2.32. The van der Waals surface area contributed by atoms with E-state index in [1.807, 2.05) is 12.3 Å². The summed E-state index contributed by atoms with van der Waals surface area (Å²) < 4.78 is 17.5. The fraction of sp³-hybridized carbons (Fsp3) is 0.171. The van der Waals surface area contributed by atoms with Gasteiger partial charge in [-0.2, -0.15) is 0 Å². The van der Waals surface area contributed by atoms with Crippen LogP contribution in [0.4, 0.5) is 0 Å². The second-order valence-corrected chi connectivity index (χ2v) is 12.0. The van der Waals surface area contributed by atoms with Crippen LogP contribution in [0.3, 0.4) is 0 Å². The lowest BCUT2D eigenvalue weighted by Crippen LogP contribution is -2.41. The number of hydrogen-bond donors (Lipinski definition) is 0. The minimum atomic E-state index is -0.427. The van der Waals surface area contributed by atoms with Crippen LogP contribution in [0.25, 0.3) is 55.1 Å². The van der Waals surface area contributed by atoms with E-state index in [0.29, 0.717) is 0 Å². The predicted molar refractivity (Wildman–Crippen MR) is 169 cm³/mol. The van der Waals surface area contributed by atoms with Gasteiger partial charge < -0.3 is 13.9 Å². The number of pyridine rings is 1. The van der Waals surface area contributed by atoms with Crippen molar-refractivity contribution in [1.29, 1.82) is 0 Å². The van der Waals surface area contributed by atoms with Crippen LogP contribution >= 0.6 is 0 Å². The Labute approximate surface area is 239 Å². The van der Waals surface area contributed by atoms with Crippen molar-refractivity contribution in [3.63, 3.8) is 0 Å². The van der Waals surface area contributed by atoms with Gasteiger partial charge in [-0.05, 0) is 87.8 Å². The van der Waals surface area contributed by atoms with Crippen LogP contribution < -0.4 is 5.46 Å². The molecule has 0 aliphatic carbocycles. The number of nitrogens with zero attached hydrogens (tertiary/aromatic N) is 3. The van der Waals surface area contributed by atoms with Crippen LogP contribution in [0.15, 0.2) is 109 Å². The fourth-order valence-corrected chi connectivity index (χ4v) is 6.21. The van der Waals surface area contributed by atoms with Gasteiger partial charge in [0, 0.05) is 39.1 Å². The third-order valence-corrected chi connectivity index (χ3v) is 9.00. The zero-order chi connectivity index (χ0) is 27.9. The highest BCUT2D eigenvalue weighted by Crippen LogP contribution is 2.39. The number of fused-ring (bicyclic) bond motifs is 6. The van der Waals surface area contributed by atoms with Crippen LogP contribution in [0.1, 0.15) is 27.7 Å². The van der Waals surface area contributed by atoms with Crippen molar-refractivity contribution in [2.45, 2.75) is 38.9 Å². The molecule has 0 saturated carbocycles. The number of aromatic nitrogens is 3. The monoisotopic (exact) mass is 535 g/mol. The van der Waals surface area contributed by atoms with Crippen molar-refractivity contribution in [2.24, 2.45) is 0 Å². The zero-order valence-electron chi connectivity index (χ0n) is 23.6. The van der Waals surface area contributed by atoms with Crippen molar-refractivity contribution >= 4 is 56.3 Å². The van der Waals surface area contributed by atoms with Crippen molar-refractivity contribution < 1.29 is 9.31 Å². The second-order valence-electron chi connectivity index (χ2n) is 12.0. The van der Waals surface area contributed by atoms with E-state index in [4.69, 9.17) is 14.3 Å². The number of rotatable bonds is 3. The van der Waals surface area contributed by atoms with E-state index < -0.39 is 18.3 Å². The van der Waals surface area contributed by atoms with Crippen LogP contribution in [-0.4, -0.2) is 32.4 Å². The molecule has 0 unspecified atom stereocenters. The first kappa shape index (κ1) is 24.4. The normalized spacial score (nSPS) is 16.4. The molecule has 0 N–H and O–H groups in total. The molecule has 200 valence electrons. The van der Waals surface area contributed by atoms with Crippen LogP contribution in [0.5, 0.6) is 0 Å². The third kappa shape index (κ3) is 3.54. The summed E-state index contributed by atoms with van der Waals surface area (Å²) in [5.74, 6) is 0. The summed E-state index contributed by atoms with van der Waals surface area (Å²) in [7, 11) is -0.427. The number of hydrogen-bond acceptors (Lipinski definition) is 3. The van der Waals surface area contributed by atoms with Crippen molar-refractivity contribution in [2.75, 3.05) is 0 Å². The Hall–Kier alpha value is -4.39. The molecule has 0 atom stereocenters. The maximum atomic E-state index is 6.44. The summed E-state index contributed by atoms with van der Waals surface area (Å²) in [4.78, 5) is 4.81. The highest BCUT2D eigenvalue weighted by atomic mass is 16.7. The van der Waals surface area contributed by atoms with Gasteiger partial charge in [-0.3, -0.25) is 4.57 Å². The smallest absolute Gasteiger partial charge is 0.399 e. The molecule has 0 spiro atoms. The van der Waals surface area contributed by atoms with Gasteiger partial charge in [-0.15, -0.1) is 0 Å². The summed E-state index contributed by atoms with van der Waals surface area (Å²) >= 11 is 0. The fourth-order valence-electron chi connectivity index (χ4n) is 6.21. The highest BCUT2D eigenvalue weighted by molar-refractivity contribution is 6.62. The quantitative estimate of drug-likeness (QED) is 0.219. The first-order valence-corrected chi connectivity index (χ1v) is 14.2. The standard InChI is InChI=1S/C35H30BN3O2/c1-34(2)35(3,4)41-36(40-34)23-16-18-31-28(21-23)29-22-25(17-19-32(29)38(31)24-11-6-5-7-12-24)39-30-15-9-8-13-26(30)27-14-10-20-37-33(27)39/h5-22H,1-4H3. The Morgan fingerprint density at radius 2 is 1.20 bits per heavy atom. The maximum Gasteiger partial charge on any atom is 0.494 e. The van der Waals surface area contributed by atoms with Crippen LogP contribution in [-0.2, 0) is 9.31 Å². The molecule has 1 saturated heterocycles. The molecule has 41 heavy (non-hydrogen) atoms. The average molecular weight is 535 g/mol. The molecule has 4 heterocycles. The third-order valence-electron chi connectivity index (χ3n) is 9.00. The van der Waals surface area contributed by atoms with E-state index in [0.717, 1.165) is 49.8 Å². The van der Waals surface area contributed by atoms with Gasteiger partial charge in [0.05, 0.1) is 27.8 Å². The lowest BCUT2D eigenvalue weighted by molar-refractivity contribution is 0.00578. The first-order chi connectivity index (χ1) is 19.8. The molecule has 1 aliphatic rings. The summed E-state index contributed by atoms with van der Waals surface area (Å²) in [6.07, 6.45) is 1.87. The number of benzene rings is 4. The molecule has 1 aliphatic heterocycles.